The molecule has 104 valence electrons. The molecule has 0 fully saturated rings. The summed E-state index contributed by atoms with van der Waals surface area (Å²) in [6.45, 7) is 2.35. The van der Waals surface area contributed by atoms with E-state index in [9.17, 15) is 4.79 Å². The first-order chi connectivity index (χ1) is 9.74. The highest BCUT2D eigenvalue weighted by atomic mass is 32.1. The van der Waals surface area contributed by atoms with E-state index in [0.717, 1.165) is 5.56 Å². The highest BCUT2D eigenvalue weighted by molar-refractivity contribution is 7.07. The summed E-state index contributed by atoms with van der Waals surface area (Å²) in [4.78, 5) is 12.2. The monoisotopic (exact) mass is 289 g/mol. The van der Waals surface area contributed by atoms with Gasteiger partial charge in [-0.3, -0.25) is 4.79 Å². The summed E-state index contributed by atoms with van der Waals surface area (Å²) in [5.74, 6) is 1.14. The molecule has 1 N–H and O–H groups in total. The van der Waals surface area contributed by atoms with Crippen molar-refractivity contribution in [1.82, 2.24) is 5.32 Å². The summed E-state index contributed by atoms with van der Waals surface area (Å²) in [5, 5.41) is 6.88. The number of para-hydroxylation sites is 2. The van der Waals surface area contributed by atoms with Crippen molar-refractivity contribution in [3.8, 4) is 11.5 Å². The molecular weight excluding hydrogens is 274 g/mol. The van der Waals surface area contributed by atoms with Crippen molar-refractivity contribution in [2.45, 2.75) is 25.7 Å². The number of benzene rings is 1. The number of hydrogen-bond donors (Lipinski definition) is 1. The predicted octanol–water partition coefficient (Wildman–Crippen LogP) is 2.59. The lowest BCUT2D eigenvalue weighted by atomic mass is 10.1. The number of carbonyl (C=O) groups excluding carboxylic acids is 1. The number of amides is 1. The van der Waals surface area contributed by atoms with Crippen LogP contribution in [0, 0.1) is 0 Å². The number of thiophene rings is 1. The summed E-state index contributed by atoms with van der Waals surface area (Å²) in [5.41, 5.74) is 1.09. The van der Waals surface area contributed by atoms with Gasteiger partial charge >= 0.3 is 0 Å². The zero-order valence-electron chi connectivity index (χ0n) is 11.0. The molecule has 1 aliphatic rings. The van der Waals surface area contributed by atoms with E-state index in [1.807, 2.05) is 41.9 Å². The lowest BCUT2D eigenvalue weighted by molar-refractivity contribution is -0.133. The van der Waals surface area contributed by atoms with Crippen molar-refractivity contribution in [2.75, 3.05) is 0 Å². The van der Waals surface area contributed by atoms with E-state index in [2.05, 4.69) is 5.32 Å². The molecule has 4 nitrogen and oxygen atoms in total. The van der Waals surface area contributed by atoms with Gasteiger partial charge in [-0.15, -0.1) is 0 Å². The van der Waals surface area contributed by atoms with Crippen LogP contribution in [0.4, 0.5) is 0 Å². The lowest BCUT2D eigenvalue weighted by Crippen LogP contribution is -2.48. The van der Waals surface area contributed by atoms with Crippen LogP contribution in [0.3, 0.4) is 0 Å². The first-order valence-corrected chi connectivity index (χ1v) is 7.39. The number of fused-ring (bicyclic) bond motifs is 1. The Morgan fingerprint density at radius 3 is 2.70 bits per heavy atom. The largest absolute Gasteiger partial charge is 0.482 e. The van der Waals surface area contributed by atoms with Crippen LogP contribution in [0.25, 0.3) is 0 Å². The second-order valence-electron chi connectivity index (χ2n) is 4.66. The normalized spacial score (nSPS) is 20.4. The van der Waals surface area contributed by atoms with Gasteiger partial charge in [-0.1, -0.05) is 12.1 Å². The van der Waals surface area contributed by atoms with Gasteiger partial charge in [-0.25, -0.2) is 0 Å². The maximum Gasteiger partial charge on any atom is 0.265 e. The zero-order chi connectivity index (χ0) is 13.9. The van der Waals surface area contributed by atoms with Crippen molar-refractivity contribution >= 4 is 17.2 Å². The number of carbonyl (C=O) groups is 1. The van der Waals surface area contributed by atoms with Crippen LogP contribution in [0.1, 0.15) is 12.5 Å². The molecule has 1 aliphatic heterocycles. The summed E-state index contributed by atoms with van der Waals surface area (Å²) in [6, 6.07) is 9.37. The summed E-state index contributed by atoms with van der Waals surface area (Å²) in [7, 11) is 0. The first-order valence-electron chi connectivity index (χ1n) is 6.45. The molecule has 0 unspecified atom stereocenters. The van der Waals surface area contributed by atoms with E-state index in [0.29, 0.717) is 18.0 Å². The maximum absolute atomic E-state index is 12.2. The third-order valence-electron chi connectivity index (χ3n) is 3.15. The highest BCUT2D eigenvalue weighted by Crippen LogP contribution is 2.33. The molecule has 2 heterocycles. The van der Waals surface area contributed by atoms with Gasteiger partial charge in [0.05, 0.1) is 0 Å². The van der Waals surface area contributed by atoms with Gasteiger partial charge < -0.3 is 14.8 Å². The summed E-state index contributed by atoms with van der Waals surface area (Å²) < 4.78 is 11.5. The quantitative estimate of drug-likeness (QED) is 0.945. The van der Waals surface area contributed by atoms with Gasteiger partial charge in [-0.2, -0.15) is 11.3 Å². The summed E-state index contributed by atoms with van der Waals surface area (Å²) >= 11 is 1.61. The molecule has 0 radical (unpaired) electrons. The van der Waals surface area contributed by atoms with Crippen molar-refractivity contribution < 1.29 is 14.3 Å². The minimum Gasteiger partial charge on any atom is -0.482 e. The van der Waals surface area contributed by atoms with Gasteiger partial charge in [0.15, 0.2) is 11.5 Å². The van der Waals surface area contributed by atoms with Gasteiger partial charge in [0.1, 0.15) is 6.10 Å². The molecule has 5 heteroatoms. The molecule has 0 aliphatic carbocycles. The molecule has 1 aromatic heterocycles. The van der Waals surface area contributed by atoms with Crippen LogP contribution >= 0.6 is 11.3 Å². The van der Waals surface area contributed by atoms with E-state index < -0.39 is 6.10 Å². The topological polar surface area (TPSA) is 47.6 Å². The molecule has 0 saturated heterocycles. The van der Waals surface area contributed by atoms with E-state index in [1.54, 1.807) is 17.4 Å². The Balaban J connectivity index is 1.66. The first kappa shape index (κ1) is 13.0. The Kier molecular flexibility index (Phi) is 3.60. The van der Waals surface area contributed by atoms with Crippen LogP contribution < -0.4 is 14.8 Å². The Hall–Kier alpha value is -2.01. The smallest absolute Gasteiger partial charge is 0.265 e. The van der Waals surface area contributed by atoms with Gasteiger partial charge in [0.2, 0.25) is 6.10 Å². The van der Waals surface area contributed by atoms with Crippen LogP contribution in [0.15, 0.2) is 41.1 Å². The van der Waals surface area contributed by atoms with Crippen LogP contribution in [-0.2, 0) is 11.3 Å². The Morgan fingerprint density at radius 2 is 2.00 bits per heavy atom. The summed E-state index contributed by atoms with van der Waals surface area (Å²) in [6.07, 6.45) is -0.934. The lowest BCUT2D eigenvalue weighted by Gasteiger charge is -2.30. The average Bonchev–Trinajstić information content (AvgIpc) is 2.97. The molecule has 0 saturated carbocycles. The minimum atomic E-state index is -0.622. The molecule has 1 amide bonds. The molecule has 2 atom stereocenters. The van der Waals surface area contributed by atoms with Gasteiger partial charge in [0.25, 0.3) is 5.91 Å². The van der Waals surface area contributed by atoms with Crippen LogP contribution in [0.2, 0.25) is 0 Å². The van der Waals surface area contributed by atoms with E-state index >= 15 is 0 Å². The van der Waals surface area contributed by atoms with Gasteiger partial charge in [0, 0.05) is 6.54 Å². The van der Waals surface area contributed by atoms with Crippen molar-refractivity contribution in [1.29, 1.82) is 0 Å². The highest BCUT2D eigenvalue weighted by Gasteiger charge is 2.33. The average molecular weight is 289 g/mol. The second kappa shape index (κ2) is 5.54. The molecule has 0 bridgehead atoms. The molecular formula is C15H15NO3S. The fraction of sp³-hybridized carbons (Fsp3) is 0.267. The van der Waals surface area contributed by atoms with Gasteiger partial charge in [-0.05, 0) is 41.4 Å². The van der Waals surface area contributed by atoms with Crippen molar-refractivity contribution in [3.63, 3.8) is 0 Å². The zero-order valence-corrected chi connectivity index (χ0v) is 11.9. The number of hydrogen-bond acceptors (Lipinski definition) is 4. The van der Waals surface area contributed by atoms with Crippen LogP contribution in [0.5, 0.6) is 11.5 Å². The molecule has 1 aromatic carbocycles. The maximum atomic E-state index is 12.2. The fourth-order valence-electron chi connectivity index (χ4n) is 2.09. The molecule has 2 aromatic rings. The standard InChI is InChI=1S/C15H15NO3S/c1-10-14(15(17)16-8-11-6-7-20-9-11)19-13-5-3-2-4-12(13)18-10/h2-7,9-10,14H,8H2,1H3,(H,16,17)/t10-,14-/m1/s1. The number of rotatable bonds is 3. The third kappa shape index (κ3) is 2.63. The van der Waals surface area contributed by atoms with E-state index in [-0.39, 0.29) is 12.0 Å². The van der Waals surface area contributed by atoms with Crippen molar-refractivity contribution in [2.24, 2.45) is 0 Å². The van der Waals surface area contributed by atoms with E-state index in [4.69, 9.17) is 9.47 Å². The SMILES string of the molecule is C[C@H]1Oc2ccccc2O[C@H]1C(=O)NCc1ccsc1. The Morgan fingerprint density at radius 1 is 1.25 bits per heavy atom. The second-order valence-corrected chi connectivity index (χ2v) is 5.44. The fourth-order valence-corrected chi connectivity index (χ4v) is 2.76. The number of ether oxygens (including phenoxy) is 2. The van der Waals surface area contributed by atoms with Crippen LogP contribution in [-0.4, -0.2) is 18.1 Å². The molecule has 3 rings (SSSR count). The minimum absolute atomic E-state index is 0.154. The molecule has 20 heavy (non-hydrogen) atoms. The van der Waals surface area contributed by atoms with E-state index in [1.165, 1.54) is 0 Å². The number of nitrogens with one attached hydrogen (secondary N) is 1. The van der Waals surface area contributed by atoms with Crippen molar-refractivity contribution in [3.05, 3.63) is 46.7 Å². The Labute approximate surface area is 121 Å². The predicted molar refractivity (Wildman–Crippen MR) is 77.1 cm³/mol. The Bertz CT molecular complexity index is 597. The molecule has 0 spiro atoms. The third-order valence-corrected chi connectivity index (χ3v) is 3.88.